The van der Waals surface area contributed by atoms with Crippen LogP contribution < -0.4 is 9.41 Å². The molecule has 8 heteroatoms. The van der Waals surface area contributed by atoms with E-state index < -0.39 is 16.0 Å². The van der Waals surface area contributed by atoms with Gasteiger partial charge in [-0.05, 0) is 74.0 Å². The summed E-state index contributed by atoms with van der Waals surface area (Å²) in [6, 6.07) is 18.6. The van der Waals surface area contributed by atoms with Gasteiger partial charge in [-0.3, -0.25) is 4.31 Å². The third-order valence-corrected chi connectivity index (χ3v) is 7.89. The fourth-order valence-electron chi connectivity index (χ4n) is 2.95. The molecule has 30 heavy (non-hydrogen) atoms. The van der Waals surface area contributed by atoms with Crippen LogP contribution in [0.4, 0.5) is 5.69 Å². The molecule has 156 valence electrons. The van der Waals surface area contributed by atoms with Crippen molar-refractivity contribution in [3.05, 3.63) is 82.3 Å². The lowest BCUT2D eigenvalue weighted by atomic mass is 10.2. The Morgan fingerprint density at radius 3 is 2.37 bits per heavy atom. The van der Waals surface area contributed by atoms with Crippen molar-refractivity contribution in [2.75, 3.05) is 10.8 Å². The number of nitrogens with zero attached hydrogens (tertiary/aromatic N) is 1. The Morgan fingerprint density at radius 1 is 1.07 bits per heavy atom. The summed E-state index contributed by atoms with van der Waals surface area (Å²) >= 11 is 4.59. The Morgan fingerprint density at radius 2 is 1.77 bits per heavy atom. The lowest BCUT2D eigenvalue weighted by Crippen LogP contribution is -2.31. The van der Waals surface area contributed by atoms with E-state index in [2.05, 4.69) is 15.9 Å². The predicted octanol–water partition coefficient (Wildman–Crippen LogP) is 4.49. The van der Waals surface area contributed by atoms with E-state index in [1.54, 1.807) is 25.1 Å². The third kappa shape index (κ3) is 4.88. The SMILES string of the molecule is CCN(c1cccc(C)c1)S(=O)(=O)c1ccc(Sc2ccc(Br)cc2)c(C(=O)[O-])c1. The fraction of sp³-hybridized carbons (Fsp3) is 0.136. The molecule has 3 rings (SSSR count). The maximum Gasteiger partial charge on any atom is 0.264 e. The maximum atomic E-state index is 13.3. The summed E-state index contributed by atoms with van der Waals surface area (Å²) in [4.78, 5) is 12.9. The van der Waals surface area contributed by atoms with Crippen LogP contribution in [0.2, 0.25) is 0 Å². The summed E-state index contributed by atoms with van der Waals surface area (Å²) < 4.78 is 28.7. The number of aryl methyl sites for hydroxylation is 1. The molecule has 0 aliphatic rings. The molecule has 0 aliphatic heterocycles. The van der Waals surface area contributed by atoms with Gasteiger partial charge in [-0.2, -0.15) is 0 Å². The molecule has 0 aromatic heterocycles. The molecule has 0 aliphatic carbocycles. The number of aromatic carboxylic acids is 1. The molecule has 0 fully saturated rings. The first-order chi connectivity index (χ1) is 14.2. The number of carboxylic acid groups (broad SMARTS) is 1. The number of hydrogen-bond acceptors (Lipinski definition) is 5. The molecule has 3 aromatic rings. The van der Waals surface area contributed by atoms with Crippen LogP contribution in [0.5, 0.6) is 0 Å². The van der Waals surface area contributed by atoms with E-state index >= 15 is 0 Å². The van der Waals surface area contributed by atoms with Crippen molar-refractivity contribution in [2.24, 2.45) is 0 Å². The Balaban J connectivity index is 2.01. The summed E-state index contributed by atoms with van der Waals surface area (Å²) in [6.45, 7) is 3.82. The van der Waals surface area contributed by atoms with E-state index in [1.807, 2.05) is 37.3 Å². The van der Waals surface area contributed by atoms with E-state index in [0.717, 1.165) is 14.9 Å². The van der Waals surface area contributed by atoms with Crippen LogP contribution in [0.3, 0.4) is 0 Å². The minimum atomic E-state index is -3.95. The molecule has 0 spiro atoms. The van der Waals surface area contributed by atoms with Gasteiger partial charge in [-0.15, -0.1) is 0 Å². The van der Waals surface area contributed by atoms with E-state index in [4.69, 9.17) is 0 Å². The molecule has 5 nitrogen and oxygen atoms in total. The van der Waals surface area contributed by atoms with Crippen LogP contribution in [0, 0.1) is 6.92 Å². The zero-order valence-corrected chi connectivity index (χ0v) is 19.6. The van der Waals surface area contributed by atoms with Gasteiger partial charge in [-0.25, -0.2) is 8.42 Å². The molecule has 0 radical (unpaired) electrons. The van der Waals surface area contributed by atoms with Gasteiger partial charge in [-0.1, -0.05) is 39.8 Å². The van der Waals surface area contributed by atoms with Crippen molar-refractivity contribution in [2.45, 2.75) is 28.5 Å². The van der Waals surface area contributed by atoms with E-state index in [1.165, 1.54) is 34.3 Å². The Kier molecular flexibility index (Phi) is 6.90. The first-order valence-electron chi connectivity index (χ1n) is 9.10. The molecule has 0 unspecified atom stereocenters. The molecule has 0 heterocycles. The van der Waals surface area contributed by atoms with Crippen LogP contribution in [-0.4, -0.2) is 20.9 Å². The van der Waals surface area contributed by atoms with E-state index in [0.29, 0.717) is 10.6 Å². The van der Waals surface area contributed by atoms with Crippen LogP contribution in [-0.2, 0) is 10.0 Å². The highest BCUT2D eigenvalue weighted by atomic mass is 79.9. The average molecular weight is 505 g/mol. The summed E-state index contributed by atoms with van der Waals surface area (Å²) in [5.41, 5.74) is 1.29. The molecule has 0 atom stereocenters. The van der Waals surface area contributed by atoms with Crippen molar-refractivity contribution < 1.29 is 18.3 Å². The smallest absolute Gasteiger partial charge is 0.264 e. The van der Waals surface area contributed by atoms with E-state index in [9.17, 15) is 18.3 Å². The monoisotopic (exact) mass is 504 g/mol. The van der Waals surface area contributed by atoms with Gasteiger partial charge in [0.05, 0.1) is 16.6 Å². The first-order valence-corrected chi connectivity index (χ1v) is 12.2. The van der Waals surface area contributed by atoms with Crippen LogP contribution in [0.1, 0.15) is 22.8 Å². The summed E-state index contributed by atoms with van der Waals surface area (Å²) in [6.07, 6.45) is 0. The summed E-state index contributed by atoms with van der Waals surface area (Å²) in [7, 11) is -3.95. The standard InChI is InChI=1S/C22H20BrNO4S2/c1-3-24(17-6-4-5-15(2)13-17)30(27,28)19-11-12-21(20(14-19)22(25)26)29-18-9-7-16(23)8-10-18/h4-14H,3H2,1-2H3,(H,25,26)/p-1. The summed E-state index contributed by atoms with van der Waals surface area (Å²) in [5.74, 6) is -1.43. The number of hydrogen-bond donors (Lipinski definition) is 0. The van der Waals surface area contributed by atoms with Gasteiger partial charge in [0, 0.05) is 26.4 Å². The molecular weight excluding hydrogens is 486 g/mol. The average Bonchev–Trinajstić information content (AvgIpc) is 2.70. The lowest BCUT2D eigenvalue weighted by Gasteiger charge is -2.24. The lowest BCUT2D eigenvalue weighted by molar-refractivity contribution is -0.255. The van der Waals surface area contributed by atoms with Crippen LogP contribution >= 0.6 is 27.7 Å². The Hall–Kier alpha value is -2.29. The zero-order valence-electron chi connectivity index (χ0n) is 16.3. The zero-order chi connectivity index (χ0) is 21.9. The van der Waals surface area contributed by atoms with Crippen LogP contribution in [0.25, 0.3) is 0 Å². The number of carboxylic acids is 1. The highest BCUT2D eigenvalue weighted by Gasteiger charge is 2.25. The van der Waals surface area contributed by atoms with Gasteiger partial charge >= 0.3 is 0 Å². The molecule has 0 bridgehead atoms. The maximum absolute atomic E-state index is 13.3. The number of benzene rings is 3. The molecule has 0 N–H and O–H groups in total. The van der Waals surface area contributed by atoms with E-state index in [-0.39, 0.29) is 17.0 Å². The quantitative estimate of drug-likeness (QED) is 0.473. The molecule has 0 saturated carbocycles. The minimum Gasteiger partial charge on any atom is -0.545 e. The highest BCUT2D eigenvalue weighted by Crippen LogP contribution is 2.33. The number of rotatable bonds is 7. The molecule has 0 saturated heterocycles. The number of anilines is 1. The highest BCUT2D eigenvalue weighted by molar-refractivity contribution is 9.10. The van der Waals surface area contributed by atoms with Crippen molar-refractivity contribution in [3.63, 3.8) is 0 Å². The number of carbonyl (C=O) groups is 1. The second kappa shape index (κ2) is 9.24. The van der Waals surface area contributed by atoms with Gasteiger partial charge < -0.3 is 9.90 Å². The van der Waals surface area contributed by atoms with Crippen molar-refractivity contribution in [1.29, 1.82) is 0 Å². The molecular formula is C22H19BrNO4S2-. The topological polar surface area (TPSA) is 77.5 Å². The second-order valence-electron chi connectivity index (χ2n) is 6.51. The van der Waals surface area contributed by atoms with Crippen molar-refractivity contribution in [3.8, 4) is 0 Å². The number of sulfonamides is 1. The fourth-order valence-corrected chi connectivity index (χ4v) is 5.62. The van der Waals surface area contributed by atoms with Crippen LogP contribution in [0.15, 0.2) is 85.9 Å². The van der Waals surface area contributed by atoms with Gasteiger partial charge in [0.2, 0.25) is 0 Å². The Labute approximate surface area is 188 Å². The summed E-state index contributed by atoms with van der Waals surface area (Å²) in [5, 5.41) is 11.8. The third-order valence-electron chi connectivity index (χ3n) is 4.38. The predicted molar refractivity (Wildman–Crippen MR) is 120 cm³/mol. The first kappa shape index (κ1) is 22.4. The van der Waals surface area contributed by atoms with Crippen molar-refractivity contribution in [1.82, 2.24) is 0 Å². The minimum absolute atomic E-state index is 0.0924. The molecule has 3 aromatic carbocycles. The number of halogens is 1. The Bertz CT molecular complexity index is 1180. The normalized spacial score (nSPS) is 11.3. The largest absolute Gasteiger partial charge is 0.545 e. The van der Waals surface area contributed by atoms with Crippen molar-refractivity contribution >= 4 is 49.4 Å². The van der Waals surface area contributed by atoms with Gasteiger partial charge in [0.15, 0.2) is 0 Å². The van der Waals surface area contributed by atoms with Gasteiger partial charge in [0.1, 0.15) is 0 Å². The van der Waals surface area contributed by atoms with Gasteiger partial charge in [0.25, 0.3) is 10.0 Å². The number of carbonyl (C=O) groups excluding carboxylic acids is 1. The molecule has 0 amide bonds. The second-order valence-corrected chi connectivity index (χ2v) is 10.4.